The second-order valence-corrected chi connectivity index (χ2v) is 6.02. The number of ether oxygens (including phenoxy) is 1. The summed E-state index contributed by atoms with van der Waals surface area (Å²) in [6.07, 6.45) is 1.06. The number of fused-ring (bicyclic) bond motifs is 1. The predicted octanol–water partition coefficient (Wildman–Crippen LogP) is 0.585. The first-order valence-corrected chi connectivity index (χ1v) is 8.20. The summed E-state index contributed by atoms with van der Waals surface area (Å²) in [5, 5.41) is 5.47. The molecule has 0 radical (unpaired) electrons. The number of anilines is 1. The van der Waals surface area contributed by atoms with Crippen LogP contribution in [-0.2, 0) is 14.4 Å². The van der Waals surface area contributed by atoms with Crippen molar-refractivity contribution in [2.75, 3.05) is 18.0 Å². The fourth-order valence-electron chi connectivity index (χ4n) is 2.98. The van der Waals surface area contributed by atoms with Crippen LogP contribution in [0.2, 0.25) is 0 Å². The highest BCUT2D eigenvalue weighted by molar-refractivity contribution is 6.00. The largest absolute Gasteiger partial charge is 0.479 e. The van der Waals surface area contributed by atoms with Crippen molar-refractivity contribution in [2.24, 2.45) is 0 Å². The SMILES string of the molecule is C[C@@H]1Oc2ccccc2N(CCC(=O)N[C@H]2CCCNC2=O)C1=O. The van der Waals surface area contributed by atoms with Gasteiger partial charge in [-0.2, -0.15) is 0 Å². The van der Waals surface area contributed by atoms with E-state index in [2.05, 4.69) is 10.6 Å². The monoisotopic (exact) mass is 331 g/mol. The lowest BCUT2D eigenvalue weighted by molar-refractivity contribution is -0.130. The van der Waals surface area contributed by atoms with E-state index in [0.717, 1.165) is 6.42 Å². The molecule has 7 nitrogen and oxygen atoms in total. The molecule has 0 aliphatic carbocycles. The van der Waals surface area contributed by atoms with Gasteiger partial charge < -0.3 is 20.3 Å². The summed E-state index contributed by atoms with van der Waals surface area (Å²) in [4.78, 5) is 37.7. The number of hydrogen-bond donors (Lipinski definition) is 2. The average molecular weight is 331 g/mol. The van der Waals surface area contributed by atoms with Crippen molar-refractivity contribution in [3.63, 3.8) is 0 Å². The number of nitrogens with zero attached hydrogens (tertiary/aromatic N) is 1. The van der Waals surface area contributed by atoms with Gasteiger partial charge in [0, 0.05) is 19.5 Å². The Labute approximate surface area is 140 Å². The highest BCUT2D eigenvalue weighted by atomic mass is 16.5. The van der Waals surface area contributed by atoms with Gasteiger partial charge in [-0.1, -0.05) is 12.1 Å². The average Bonchev–Trinajstić information content (AvgIpc) is 2.57. The van der Waals surface area contributed by atoms with E-state index in [0.29, 0.717) is 24.4 Å². The van der Waals surface area contributed by atoms with Crippen molar-refractivity contribution in [2.45, 2.75) is 38.3 Å². The Bertz CT molecular complexity index is 661. The minimum atomic E-state index is -0.577. The van der Waals surface area contributed by atoms with Crippen LogP contribution in [0.25, 0.3) is 0 Å². The van der Waals surface area contributed by atoms with Crippen LogP contribution in [0.1, 0.15) is 26.2 Å². The maximum absolute atomic E-state index is 12.3. The van der Waals surface area contributed by atoms with E-state index in [9.17, 15) is 14.4 Å². The molecule has 0 saturated carbocycles. The molecule has 24 heavy (non-hydrogen) atoms. The number of carbonyl (C=O) groups excluding carboxylic acids is 3. The second kappa shape index (κ2) is 6.90. The Morgan fingerprint density at radius 2 is 2.17 bits per heavy atom. The van der Waals surface area contributed by atoms with Crippen molar-refractivity contribution < 1.29 is 19.1 Å². The van der Waals surface area contributed by atoms with Crippen LogP contribution in [0.4, 0.5) is 5.69 Å². The fourth-order valence-corrected chi connectivity index (χ4v) is 2.98. The highest BCUT2D eigenvalue weighted by Crippen LogP contribution is 2.33. The van der Waals surface area contributed by atoms with Crippen molar-refractivity contribution in [3.8, 4) is 5.75 Å². The summed E-state index contributed by atoms with van der Waals surface area (Å²) in [5.41, 5.74) is 0.670. The maximum atomic E-state index is 12.3. The summed E-state index contributed by atoms with van der Waals surface area (Å²) in [6, 6.07) is 6.79. The Kier molecular flexibility index (Phi) is 4.69. The molecular formula is C17H21N3O4. The Morgan fingerprint density at radius 3 is 2.96 bits per heavy atom. The molecule has 2 aliphatic heterocycles. The fraction of sp³-hybridized carbons (Fsp3) is 0.471. The second-order valence-electron chi connectivity index (χ2n) is 6.02. The summed E-state index contributed by atoms with van der Waals surface area (Å²) in [7, 11) is 0. The van der Waals surface area contributed by atoms with Crippen molar-refractivity contribution in [3.05, 3.63) is 24.3 Å². The molecule has 1 fully saturated rings. The molecule has 0 bridgehead atoms. The van der Waals surface area contributed by atoms with Gasteiger partial charge in [0.15, 0.2) is 6.10 Å². The maximum Gasteiger partial charge on any atom is 0.267 e. The van der Waals surface area contributed by atoms with Gasteiger partial charge in [-0.15, -0.1) is 0 Å². The number of para-hydroxylation sites is 2. The van der Waals surface area contributed by atoms with Crippen LogP contribution in [0.3, 0.4) is 0 Å². The molecule has 0 spiro atoms. The smallest absolute Gasteiger partial charge is 0.267 e. The highest BCUT2D eigenvalue weighted by Gasteiger charge is 2.31. The zero-order chi connectivity index (χ0) is 17.1. The molecule has 0 unspecified atom stereocenters. The number of nitrogens with one attached hydrogen (secondary N) is 2. The number of carbonyl (C=O) groups is 3. The minimum absolute atomic E-state index is 0.135. The van der Waals surface area contributed by atoms with Crippen LogP contribution in [-0.4, -0.2) is 43.0 Å². The van der Waals surface area contributed by atoms with E-state index in [4.69, 9.17) is 4.74 Å². The lowest BCUT2D eigenvalue weighted by Gasteiger charge is -2.33. The molecule has 0 aromatic heterocycles. The number of rotatable bonds is 4. The van der Waals surface area contributed by atoms with Gasteiger partial charge in [0.2, 0.25) is 11.8 Å². The molecule has 2 aliphatic rings. The first-order valence-electron chi connectivity index (χ1n) is 8.20. The van der Waals surface area contributed by atoms with E-state index >= 15 is 0 Å². The molecule has 128 valence electrons. The minimum Gasteiger partial charge on any atom is -0.479 e. The van der Waals surface area contributed by atoms with Gasteiger partial charge >= 0.3 is 0 Å². The van der Waals surface area contributed by atoms with Crippen LogP contribution >= 0.6 is 0 Å². The molecule has 3 rings (SSSR count). The van der Waals surface area contributed by atoms with Gasteiger partial charge in [0.25, 0.3) is 5.91 Å². The number of piperidine rings is 1. The van der Waals surface area contributed by atoms with E-state index in [1.54, 1.807) is 24.0 Å². The van der Waals surface area contributed by atoms with E-state index in [-0.39, 0.29) is 30.7 Å². The lowest BCUT2D eigenvalue weighted by Crippen LogP contribution is -2.51. The lowest BCUT2D eigenvalue weighted by atomic mass is 10.1. The van der Waals surface area contributed by atoms with Gasteiger partial charge in [-0.3, -0.25) is 14.4 Å². The van der Waals surface area contributed by atoms with Crippen LogP contribution in [0, 0.1) is 0 Å². The van der Waals surface area contributed by atoms with Crippen LogP contribution < -0.4 is 20.3 Å². The molecule has 7 heteroatoms. The third kappa shape index (κ3) is 3.34. The Hall–Kier alpha value is -2.57. The molecular weight excluding hydrogens is 310 g/mol. The Morgan fingerprint density at radius 1 is 1.38 bits per heavy atom. The first kappa shape index (κ1) is 16.3. The summed E-state index contributed by atoms with van der Waals surface area (Å²) < 4.78 is 5.57. The zero-order valence-corrected chi connectivity index (χ0v) is 13.6. The van der Waals surface area contributed by atoms with Crippen molar-refractivity contribution >= 4 is 23.4 Å². The molecule has 1 aromatic rings. The van der Waals surface area contributed by atoms with Crippen molar-refractivity contribution in [1.82, 2.24) is 10.6 Å². The molecule has 2 atom stereocenters. The molecule has 1 saturated heterocycles. The summed E-state index contributed by atoms with van der Waals surface area (Å²) >= 11 is 0. The number of amides is 3. The first-order chi connectivity index (χ1) is 11.6. The van der Waals surface area contributed by atoms with Gasteiger partial charge in [0.05, 0.1) is 5.69 Å². The third-order valence-corrected chi connectivity index (χ3v) is 4.26. The quantitative estimate of drug-likeness (QED) is 0.845. The van der Waals surface area contributed by atoms with E-state index < -0.39 is 12.1 Å². The van der Waals surface area contributed by atoms with Crippen LogP contribution in [0.15, 0.2) is 24.3 Å². The molecule has 3 amide bonds. The number of hydrogen-bond acceptors (Lipinski definition) is 4. The van der Waals surface area contributed by atoms with E-state index in [1.165, 1.54) is 0 Å². The van der Waals surface area contributed by atoms with Gasteiger partial charge in [-0.05, 0) is 31.9 Å². The normalized spacial score (nSPS) is 23.1. The molecule has 2 heterocycles. The van der Waals surface area contributed by atoms with Crippen molar-refractivity contribution in [1.29, 1.82) is 0 Å². The van der Waals surface area contributed by atoms with Gasteiger partial charge in [-0.25, -0.2) is 0 Å². The third-order valence-electron chi connectivity index (χ3n) is 4.26. The van der Waals surface area contributed by atoms with Gasteiger partial charge in [0.1, 0.15) is 11.8 Å². The summed E-state index contributed by atoms with van der Waals surface area (Å²) in [5.74, 6) is 0.0890. The Balaban J connectivity index is 1.62. The standard InChI is InChI=1S/C17H21N3O4/c1-11-17(23)20(13-6-2-3-7-14(13)24-11)10-8-15(21)19-12-5-4-9-18-16(12)22/h2-3,6-7,11-12H,4-5,8-10H2,1H3,(H,18,22)(H,19,21)/t11-,12-/m0/s1. The summed E-state index contributed by atoms with van der Waals surface area (Å²) in [6.45, 7) is 2.60. The van der Waals surface area contributed by atoms with E-state index in [1.807, 2.05) is 12.1 Å². The number of benzene rings is 1. The molecule has 1 aromatic carbocycles. The molecule has 2 N–H and O–H groups in total. The zero-order valence-electron chi connectivity index (χ0n) is 13.6. The predicted molar refractivity (Wildman–Crippen MR) is 87.7 cm³/mol. The topological polar surface area (TPSA) is 87.7 Å². The van der Waals surface area contributed by atoms with Crippen LogP contribution in [0.5, 0.6) is 5.75 Å².